The number of benzene rings is 2. The molecule has 1 aliphatic carbocycles. The van der Waals surface area contributed by atoms with Crippen LogP contribution in [0.4, 0.5) is 0 Å². The lowest BCUT2D eigenvalue weighted by Gasteiger charge is -2.32. The molecule has 0 saturated heterocycles. The van der Waals surface area contributed by atoms with Gasteiger partial charge in [-0.25, -0.2) is 4.98 Å². The molecule has 1 heterocycles. The summed E-state index contributed by atoms with van der Waals surface area (Å²) in [4.78, 5) is 31.2. The molecule has 1 N–H and O–H groups in total. The van der Waals surface area contributed by atoms with Crippen molar-refractivity contribution in [2.45, 2.75) is 61.9 Å². The van der Waals surface area contributed by atoms with Crippen LogP contribution in [0.3, 0.4) is 0 Å². The normalized spacial score (nSPS) is 16.3. The zero-order valence-corrected chi connectivity index (χ0v) is 19.1. The maximum absolute atomic E-state index is 13.4. The molecular formula is C25H26N4O2S. The summed E-state index contributed by atoms with van der Waals surface area (Å²) < 4.78 is 1.59. The summed E-state index contributed by atoms with van der Waals surface area (Å²) in [5.41, 5.74) is 1.32. The van der Waals surface area contributed by atoms with Gasteiger partial charge >= 0.3 is 0 Å². The molecule has 0 aliphatic heterocycles. The van der Waals surface area contributed by atoms with Gasteiger partial charge in [-0.05, 0) is 50.5 Å². The second-order valence-corrected chi connectivity index (χ2v) is 9.65. The highest BCUT2D eigenvalue weighted by Crippen LogP contribution is 2.30. The van der Waals surface area contributed by atoms with Crippen molar-refractivity contribution in [3.8, 4) is 11.8 Å². The molecule has 1 amide bonds. The molecule has 1 saturated carbocycles. The monoisotopic (exact) mass is 446 g/mol. The van der Waals surface area contributed by atoms with Gasteiger partial charge in [0, 0.05) is 0 Å². The van der Waals surface area contributed by atoms with Gasteiger partial charge in [0.05, 0.1) is 27.9 Å². The number of fused-ring (bicyclic) bond motifs is 1. The first-order chi connectivity index (χ1) is 15.4. The van der Waals surface area contributed by atoms with Gasteiger partial charge in [-0.2, -0.15) is 5.26 Å². The van der Waals surface area contributed by atoms with Crippen molar-refractivity contribution < 1.29 is 4.79 Å². The summed E-state index contributed by atoms with van der Waals surface area (Å²) in [6.07, 6.45) is 4.32. The van der Waals surface area contributed by atoms with Crippen LogP contribution in [0.25, 0.3) is 16.6 Å². The number of thioether (sulfide) groups is 1. The van der Waals surface area contributed by atoms with Crippen LogP contribution in [-0.4, -0.2) is 26.2 Å². The Bertz CT molecular complexity index is 1250. The van der Waals surface area contributed by atoms with Crippen LogP contribution in [0.2, 0.25) is 0 Å². The van der Waals surface area contributed by atoms with E-state index in [9.17, 15) is 14.9 Å². The molecule has 1 fully saturated rings. The molecular weight excluding hydrogens is 420 g/mol. The Balaban J connectivity index is 1.71. The Kier molecular flexibility index (Phi) is 6.33. The van der Waals surface area contributed by atoms with Gasteiger partial charge in [0.1, 0.15) is 5.54 Å². The van der Waals surface area contributed by atoms with Crippen molar-refractivity contribution in [2.75, 3.05) is 0 Å². The topological polar surface area (TPSA) is 87.8 Å². The van der Waals surface area contributed by atoms with E-state index in [0.29, 0.717) is 28.9 Å². The van der Waals surface area contributed by atoms with Gasteiger partial charge in [0.15, 0.2) is 5.16 Å². The van der Waals surface area contributed by atoms with E-state index in [1.54, 1.807) is 23.6 Å². The molecule has 1 unspecified atom stereocenters. The number of para-hydroxylation sites is 2. The Morgan fingerprint density at radius 2 is 1.84 bits per heavy atom. The molecule has 0 spiro atoms. The first kappa shape index (κ1) is 22.1. The summed E-state index contributed by atoms with van der Waals surface area (Å²) in [5, 5.41) is 13.2. The number of aryl methyl sites for hydroxylation is 1. The Morgan fingerprint density at radius 3 is 2.56 bits per heavy atom. The van der Waals surface area contributed by atoms with Crippen LogP contribution < -0.4 is 10.9 Å². The largest absolute Gasteiger partial charge is 0.337 e. The number of aromatic nitrogens is 2. The molecule has 0 radical (unpaired) electrons. The maximum Gasteiger partial charge on any atom is 0.266 e. The van der Waals surface area contributed by atoms with E-state index >= 15 is 0 Å². The lowest BCUT2D eigenvalue weighted by Crippen LogP contribution is -2.51. The highest BCUT2D eigenvalue weighted by Gasteiger charge is 2.35. The van der Waals surface area contributed by atoms with E-state index in [1.807, 2.05) is 43.3 Å². The third kappa shape index (κ3) is 4.28. The highest BCUT2D eigenvalue weighted by molar-refractivity contribution is 8.00. The van der Waals surface area contributed by atoms with Crippen LogP contribution in [-0.2, 0) is 4.79 Å². The second kappa shape index (κ2) is 9.17. The molecule has 4 rings (SSSR count). The number of nitriles is 1. The van der Waals surface area contributed by atoms with Gasteiger partial charge in [0.25, 0.3) is 5.56 Å². The maximum atomic E-state index is 13.4. The Hall–Kier alpha value is -3.11. The zero-order valence-electron chi connectivity index (χ0n) is 18.3. The summed E-state index contributed by atoms with van der Waals surface area (Å²) in [6, 6.07) is 17.2. The molecule has 2 aromatic carbocycles. The summed E-state index contributed by atoms with van der Waals surface area (Å²) >= 11 is 1.24. The standard InChI is InChI=1S/C25H26N4O2S/c1-17-10-4-7-13-21(17)29-23(31)19-11-5-6-12-20(19)27-24(29)32-18(2)22(30)28-25(16-26)14-8-3-9-15-25/h4-7,10-13,18H,3,8-9,14-15H2,1-2H3,(H,28,30). The van der Waals surface area contributed by atoms with Crippen molar-refractivity contribution in [2.24, 2.45) is 0 Å². The van der Waals surface area contributed by atoms with Crippen LogP contribution in [0.5, 0.6) is 0 Å². The average molecular weight is 447 g/mol. The first-order valence-electron chi connectivity index (χ1n) is 10.9. The van der Waals surface area contributed by atoms with Crippen LogP contribution in [0, 0.1) is 18.3 Å². The van der Waals surface area contributed by atoms with E-state index < -0.39 is 10.8 Å². The predicted octanol–water partition coefficient (Wildman–Crippen LogP) is 4.52. The third-order valence-electron chi connectivity index (χ3n) is 6.04. The van der Waals surface area contributed by atoms with Crippen LogP contribution >= 0.6 is 11.8 Å². The minimum absolute atomic E-state index is 0.166. The quantitative estimate of drug-likeness (QED) is 0.460. The Labute approximate surface area is 191 Å². The molecule has 7 heteroatoms. The molecule has 3 aromatic rings. The molecule has 6 nitrogen and oxygen atoms in total. The van der Waals surface area contributed by atoms with Crippen LogP contribution in [0.15, 0.2) is 58.5 Å². The van der Waals surface area contributed by atoms with Crippen molar-refractivity contribution >= 4 is 28.6 Å². The molecule has 1 aliphatic rings. The molecule has 1 atom stereocenters. The van der Waals surface area contributed by atoms with E-state index in [2.05, 4.69) is 11.4 Å². The van der Waals surface area contributed by atoms with E-state index in [-0.39, 0.29) is 11.5 Å². The van der Waals surface area contributed by atoms with Crippen molar-refractivity contribution in [1.82, 2.24) is 14.9 Å². The summed E-state index contributed by atoms with van der Waals surface area (Å²) in [5.74, 6) is -0.211. The molecule has 32 heavy (non-hydrogen) atoms. The van der Waals surface area contributed by atoms with Crippen molar-refractivity contribution in [1.29, 1.82) is 5.26 Å². The van der Waals surface area contributed by atoms with Crippen molar-refractivity contribution in [3.63, 3.8) is 0 Å². The lowest BCUT2D eigenvalue weighted by molar-refractivity contribution is -0.121. The molecule has 1 aromatic heterocycles. The number of carbonyl (C=O) groups is 1. The lowest BCUT2D eigenvalue weighted by atomic mass is 9.83. The number of amides is 1. The highest BCUT2D eigenvalue weighted by atomic mass is 32.2. The Morgan fingerprint density at radius 1 is 1.16 bits per heavy atom. The SMILES string of the molecule is Cc1ccccc1-n1c(SC(C)C(=O)NC2(C#N)CCCCC2)nc2ccccc2c1=O. The molecule has 0 bridgehead atoms. The fraction of sp³-hybridized carbons (Fsp3) is 0.360. The third-order valence-corrected chi connectivity index (χ3v) is 7.09. The number of carbonyl (C=O) groups excluding carboxylic acids is 1. The smallest absolute Gasteiger partial charge is 0.266 e. The zero-order chi connectivity index (χ0) is 22.7. The van der Waals surface area contributed by atoms with Crippen LogP contribution in [0.1, 0.15) is 44.6 Å². The fourth-order valence-corrected chi connectivity index (χ4v) is 5.11. The number of rotatable bonds is 5. The number of hydrogen-bond acceptors (Lipinski definition) is 5. The predicted molar refractivity (Wildman–Crippen MR) is 127 cm³/mol. The first-order valence-corrected chi connectivity index (χ1v) is 11.8. The van der Waals surface area contributed by atoms with Gasteiger partial charge in [-0.1, -0.05) is 61.4 Å². The fourth-order valence-electron chi connectivity index (χ4n) is 4.19. The average Bonchev–Trinajstić information content (AvgIpc) is 2.81. The number of hydrogen-bond donors (Lipinski definition) is 1. The van der Waals surface area contributed by atoms with Gasteiger partial charge < -0.3 is 5.32 Å². The molecule has 164 valence electrons. The van der Waals surface area contributed by atoms with Crippen molar-refractivity contribution in [3.05, 3.63) is 64.4 Å². The second-order valence-electron chi connectivity index (χ2n) is 8.34. The summed E-state index contributed by atoms with van der Waals surface area (Å²) in [6.45, 7) is 3.73. The van der Waals surface area contributed by atoms with Gasteiger partial charge in [-0.3, -0.25) is 14.2 Å². The minimum atomic E-state index is -0.795. The number of nitrogens with one attached hydrogen (secondary N) is 1. The number of nitrogens with zero attached hydrogens (tertiary/aromatic N) is 3. The summed E-state index contributed by atoms with van der Waals surface area (Å²) in [7, 11) is 0. The van der Waals surface area contributed by atoms with E-state index in [4.69, 9.17) is 4.98 Å². The van der Waals surface area contributed by atoms with E-state index in [1.165, 1.54) is 11.8 Å². The minimum Gasteiger partial charge on any atom is -0.337 e. The van der Waals surface area contributed by atoms with Gasteiger partial charge in [0.2, 0.25) is 5.91 Å². The van der Waals surface area contributed by atoms with E-state index in [0.717, 1.165) is 30.5 Å². The van der Waals surface area contributed by atoms with Gasteiger partial charge in [-0.15, -0.1) is 0 Å².